The van der Waals surface area contributed by atoms with Crippen molar-refractivity contribution in [1.82, 2.24) is 19.7 Å². The van der Waals surface area contributed by atoms with E-state index in [0.29, 0.717) is 17.0 Å². The van der Waals surface area contributed by atoms with Gasteiger partial charge >= 0.3 is 6.18 Å². The van der Waals surface area contributed by atoms with E-state index >= 15 is 0 Å². The van der Waals surface area contributed by atoms with Crippen molar-refractivity contribution in [3.05, 3.63) is 108 Å². The predicted octanol–water partition coefficient (Wildman–Crippen LogP) is 7.44. The van der Waals surface area contributed by atoms with Crippen molar-refractivity contribution in [2.75, 3.05) is 0 Å². The van der Waals surface area contributed by atoms with Crippen molar-refractivity contribution >= 4 is 0 Å². The lowest BCUT2D eigenvalue weighted by Crippen LogP contribution is -2.14. The van der Waals surface area contributed by atoms with Crippen LogP contribution in [0.4, 0.5) is 17.6 Å². The molecule has 180 valence electrons. The smallest absolute Gasteiger partial charge is 0.211 e. The molecule has 0 saturated heterocycles. The highest BCUT2D eigenvalue weighted by molar-refractivity contribution is 5.70. The van der Waals surface area contributed by atoms with Crippen molar-refractivity contribution in [3.63, 3.8) is 0 Å². The average Bonchev–Trinajstić information content (AvgIpc) is 3.30. The first kappa shape index (κ1) is 23.4. The molecule has 0 fully saturated rings. The zero-order valence-electron chi connectivity index (χ0n) is 19.4. The van der Waals surface area contributed by atoms with Crippen molar-refractivity contribution < 1.29 is 17.6 Å². The molecule has 4 nitrogen and oxygen atoms in total. The van der Waals surface area contributed by atoms with E-state index in [2.05, 4.69) is 15.1 Å². The second-order valence-electron chi connectivity index (χ2n) is 8.50. The fourth-order valence-electron chi connectivity index (χ4n) is 3.77. The third-order valence-corrected chi connectivity index (χ3v) is 5.74. The van der Waals surface area contributed by atoms with Crippen molar-refractivity contribution in [2.24, 2.45) is 0 Å². The molecule has 0 aliphatic carbocycles. The predicted molar refractivity (Wildman–Crippen MR) is 130 cm³/mol. The van der Waals surface area contributed by atoms with Crippen LogP contribution in [0.5, 0.6) is 0 Å². The Kier molecular flexibility index (Phi) is 5.88. The van der Waals surface area contributed by atoms with E-state index in [0.717, 1.165) is 28.3 Å². The van der Waals surface area contributed by atoms with E-state index < -0.39 is 17.7 Å². The van der Waals surface area contributed by atoms with Crippen LogP contribution in [-0.2, 0) is 6.18 Å². The largest absolute Gasteiger partial charge is 0.433 e. The number of benzene rings is 3. The summed E-state index contributed by atoms with van der Waals surface area (Å²) in [6, 6.07) is 23.0. The Balaban J connectivity index is 1.74. The third kappa shape index (κ3) is 4.75. The lowest BCUT2D eigenvalue weighted by molar-refractivity contribution is -0.141. The SMILES string of the molecule is Cc1ccc(-c2cc(-c3ccc(C)cc3)n(-c3nc(-c4ccc(F)cc4)cc(C(F)(F)F)n3)n2)cc1. The lowest BCUT2D eigenvalue weighted by Gasteiger charge is -2.12. The van der Waals surface area contributed by atoms with Crippen molar-refractivity contribution in [2.45, 2.75) is 20.0 Å². The Morgan fingerprint density at radius 3 is 1.75 bits per heavy atom. The summed E-state index contributed by atoms with van der Waals surface area (Å²) in [7, 11) is 0. The summed E-state index contributed by atoms with van der Waals surface area (Å²) in [5, 5.41) is 4.62. The van der Waals surface area contributed by atoms with Crippen LogP contribution in [-0.4, -0.2) is 19.7 Å². The van der Waals surface area contributed by atoms with E-state index in [1.54, 1.807) is 6.07 Å². The van der Waals surface area contributed by atoms with Gasteiger partial charge in [-0.2, -0.15) is 23.0 Å². The second kappa shape index (κ2) is 9.03. The molecule has 0 bridgehead atoms. The molecule has 0 saturated carbocycles. The Hall–Kier alpha value is -4.33. The minimum atomic E-state index is -4.72. The van der Waals surface area contributed by atoms with Gasteiger partial charge in [0.15, 0.2) is 5.69 Å². The fraction of sp³-hybridized carbons (Fsp3) is 0.107. The Morgan fingerprint density at radius 2 is 1.17 bits per heavy atom. The van der Waals surface area contributed by atoms with E-state index in [-0.39, 0.29) is 11.6 Å². The fourth-order valence-corrected chi connectivity index (χ4v) is 3.77. The van der Waals surface area contributed by atoms with Gasteiger partial charge in [0.1, 0.15) is 5.82 Å². The Bertz CT molecular complexity index is 1520. The molecule has 0 N–H and O–H groups in total. The van der Waals surface area contributed by atoms with Gasteiger partial charge in [-0.05, 0) is 50.2 Å². The summed E-state index contributed by atoms with van der Waals surface area (Å²) in [6.07, 6.45) is -4.72. The summed E-state index contributed by atoms with van der Waals surface area (Å²) in [5.74, 6) is -0.737. The standard InChI is InChI=1S/C28H20F4N4/c1-17-3-7-20(8-4-17)24-15-25(21-9-5-18(2)6-10-21)36(35-24)27-33-23(16-26(34-27)28(30,31)32)19-11-13-22(29)14-12-19/h3-16H,1-2H3. The number of rotatable bonds is 4. The van der Waals surface area contributed by atoms with Gasteiger partial charge in [-0.3, -0.25) is 0 Å². The van der Waals surface area contributed by atoms with Gasteiger partial charge in [-0.25, -0.2) is 14.4 Å². The molecule has 0 amide bonds. The first-order valence-electron chi connectivity index (χ1n) is 11.1. The minimum absolute atomic E-state index is 0.00886. The molecule has 2 aromatic heterocycles. The maximum absolute atomic E-state index is 13.8. The van der Waals surface area contributed by atoms with E-state index in [1.807, 2.05) is 62.4 Å². The lowest BCUT2D eigenvalue weighted by atomic mass is 10.1. The number of hydrogen-bond acceptors (Lipinski definition) is 3. The second-order valence-corrected chi connectivity index (χ2v) is 8.50. The number of aromatic nitrogens is 4. The molecule has 3 aromatic carbocycles. The quantitative estimate of drug-likeness (QED) is 0.247. The summed E-state index contributed by atoms with van der Waals surface area (Å²) in [6.45, 7) is 3.91. The van der Waals surface area contributed by atoms with Gasteiger partial charge in [0.25, 0.3) is 5.95 Å². The van der Waals surface area contributed by atoms with E-state index in [1.165, 1.54) is 28.9 Å². The number of aryl methyl sites for hydroxylation is 2. The molecule has 0 radical (unpaired) electrons. The highest BCUT2D eigenvalue weighted by atomic mass is 19.4. The van der Waals surface area contributed by atoms with Gasteiger partial charge in [0.05, 0.1) is 17.1 Å². The normalized spacial score (nSPS) is 11.6. The Labute approximate surface area is 204 Å². The van der Waals surface area contributed by atoms with Crippen LogP contribution in [0.2, 0.25) is 0 Å². The zero-order valence-corrected chi connectivity index (χ0v) is 19.4. The van der Waals surface area contributed by atoms with Crippen molar-refractivity contribution in [1.29, 1.82) is 0 Å². The summed E-state index contributed by atoms with van der Waals surface area (Å²) in [5.41, 5.74) is 3.98. The minimum Gasteiger partial charge on any atom is -0.211 e. The van der Waals surface area contributed by atoms with E-state index in [4.69, 9.17) is 0 Å². The first-order chi connectivity index (χ1) is 17.2. The van der Waals surface area contributed by atoms with Gasteiger partial charge in [-0.15, -0.1) is 0 Å². The van der Waals surface area contributed by atoms with Gasteiger partial charge < -0.3 is 0 Å². The van der Waals surface area contributed by atoms with Crippen LogP contribution in [0, 0.1) is 19.7 Å². The molecule has 5 rings (SSSR count). The molecule has 0 aliphatic heterocycles. The molecule has 0 aliphatic rings. The molecule has 0 atom stereocenters. The van der Waals surface area contributed by atoms with Gasteiger partial charge in [-0.1, -0.05) is 59.7 Å². The highest BCUT2D eigenvalue weighted by Crippen LogP contribution is 2.33. The molecular weight excluding hydrogens is 468 g/mol. The molecule has 5 aromatic rings. The van der Waals surface area contributed by atoms with Gasteiger partial charge in [0.2, 0.25) is 0 Å². The van der Waals surface area contributed by atoms with E-state index in [9.17, 15) is 17.6 Å². The topological polar surface area (TPSA) is 43.6 Å². The number of hydrogen-bond donors (Lipinski definition) is 0. The van der Waals surface area contributed by atoms with Crippen LogP contribution in [0.3, 0.4) is 0 Å². The average molecular weight is 488 g/mol. The molecule has 0 spiro atoms. The summed E-state index contributed by atoms with van der Waals surface area (Å²) in [4.78, 5) is 8.24. The number of alkyl halides is 3. The number of nitrogens with zero attached hydrogens (tertiary/aromatic N) is 4. The Morgan fingerprint density at radius 1 is 0.639 bits per heavy atom. The van der Waals surface area contributed by atoms with Gasteiger partial charge in [0, 0.05) is 16.7 Å². The molecule has 2 heterocycles. The summed E-state index contributed by atoms with van der Waals surface area (Å²) >= 11 is 0. The van der Waals surface area contributed by atoms with Crippen LogP contribution in [0.15, 0.2) is 84.9 Å². The third-order valence-electron chi connectivity index (χ3n) is 5.74. The van der Waals surface area contributed by atoms with Crippen LogP contribution in [0.1, 0.15) is 16.8 Å². The summed E-state index contributed by atoms with van der Waals surface area (Å²) < 4.78 is 56.3. The van der Waals surface area contributed by atoms with Crippen LogP contribution < -0.4 is 0 Å². The van der Waals surface area contributed by atoms with Crippen LogP contribution in [0.25, 0.3) is 39.7 Å². The molecule has 8 heteroatoms. The molecule has 36 heavy (non-hydrogen) atoms. The van der Waals surface area contributed by atoms with Crippen molar-refractivity contribution in [3.8, 4) is 39.7 Å². The maximum Gasteiger partial charge on any atom is 0.433 e. The molecular formula is C28H20F4N4. The molecule has 0 unspecified atom stereocenters. The van der Waals surface area contributed by atoms with Crippen LogP contribution >= 0.6 is 0 Å². The maximum atomic E-state index is 13.8. The highest BCUT2D eigenvalue weighted by Gasteiger charge is 2.34. The first-order valence-corrected chi connectivity index (χ1v) is 11.1. The number of halogens is 4. The monoisotopic (exact) mass is 488 g/mol. The zero-order chi connectivity index (χ0) is 25.4.